The number of hydrogen-bond donors (Lipinski definition) is 0. The molecule has 2 saturated heterocycles. The number of nitrogens with zero attached hydrogens (tertiary/aromatic N) is 2. The number of piperidine rings is 1. The first-order valence-corrected chi connectivity index (χ1v) is 5.73. The molecule has 0 atom stereocenters. The van der Waals surface area contributed by atoms with Crippen LogP contribution in [0.5, 0.6) is 0 Å². The molecule has 0 aromatic carbocycles. The maximum Gasteiger partial charge on any atom is 0.230 e. The highest BCUT2D eigenvalue weighted by atomic mass is 16.2. The van der Waals surface area contributed by atoms with E-state index in [1.54, 1.807) is 0 Å². The minimum absolute atomic E-state index is 0.0572. The third kappa shape index (κ3) is 1.34. The van der Waals surface area contributed by atoms with E-state index < -0.39 is 0 Å². The Labute approximate surface area is 86.1 Å². The Kier molecular flexibility index (Phi) is 2.52. The molecule has 14 heavy (non-hydrogen) atoms. The summed E-state index contributed by atoms with van der Waals surface area (Å²) in [6, 6.07) is 0. The molecule has 0 aliphatic carbocycles. The zero-order chi connectivity index (χ0) is 10.2. The van der Waals surface area contributed by atoms with Gasteiger partial charge in [0.25, 0.3) is 0 Å². The van der Waals surface area contributed by atoms with E-state index in [2.05, 4.69) is 18.7 Å². The van der Waals surface area contributed by atoms with Gasteiger partial charge in [0, 0.05) is 13.1 Å². The van der Waals surface area contributed by atoms with Crippen molar-refractivity contribution < 1.29 is 4.79 Å². The van der Waals surface area contributed by atoms with Crippen molar-refractivity contribution in [1.29, 1.82) is 0 Å². The van der Waals surface area contributed by atoms with Crippen LogP contribution in [0.3, 0.4) is 0 Å². The van der Waals surface area contributed by atoms with Crippen LogP contribution in [0.15, 0.2) is 0 Å². The van der Waals surface area contributed by atoms with Gasteiger partial charge in [0.15, 0.2) is 0 Å². The standard InChI is InChI=1S/C11H20N2O/c1-3-12-7-5-11(6-8-12)9-13(4-2)10(11)14/h3-9H2,1-2H3. The van der Waals surface area contributed by atoms with E-state index in [1.807, 2.05) is 4.90 Å². The van der Waals surface area contributed by atoms with Crippen LogP contribution in [-0.4, -0.2) is 48.4 Å². The molecule has 2 heterocycles. The summed E-state index contributed by atoms with van der Waals surface area (Å²) < 4.78 is 0. The minimum Gasteiger partial charge on any atom is -0.341 e. The van der Waals surface area contributed by atoms with Crippen LogP contribution in [0.4, 0.5) is 0 Å². The number of carbonyl (C=O) groups excluding carboxylic acids is 1. The van der Waals surface area contributed by atoms with Crippen LogP contribution in [0.25, 0.3) is 0 Å². The molecule has 0 radical (unpaired) electrons. The fourth-order valence-electron chi connectivity index (χ4n) is 2.67. The highest BCUT2D eigenvalue weighted by molar-refractivity contribution is 5.88. The lowest BCUT2D eigenvalue weighted by Gasteiger charge is -2.52. The van der Waals surface area contributed by atoms with Crippen LogP contribution in [-0.2, 0) is 4.79 Å². The van der Waals surface area contributed by atoms with Crippen molar-refractivity contribution in [1.82, 2.24) is 9.80 Å². The zero-order valence-corrected chi connectivity index (χ0v) is 9.25. The number of β-lactam (4-membered cyclic amide) rings is 1. The average molecular weight is 196 g/mol. The molecule has 80 valence electrons. The molecule has 2 aliphatic rings. The Morgan fingerprint density at radius 3 is 2.29 bits per heavy atom. The normalized spacial score (nSPS) is 26.7. The van der Waals surface area contributed by atoms with Crippen LogP contribution in [0, 0.1) is 5.41 Å². The van der Waals surface area contributed by atoms with E-state index in [1.165, 1.54) is 0 Å². The van der Waals surface area contributed by atoms with Crippen molar-refractivity contribution in [3.05, 3.63) is 0 Å². The number of carbonyl (C=O) groups is 1. The molecule has 0 unspecified atom stereocenters. The van der Waals surface area contributed by atoms with Crippen LogP contribution >= 0.6 is 0 Å². The lowest BCUT2D eigenvalue weighted by molar-refractivity contribution is -0.164. The Morgan fingerprint density at radius 2 is 1.86 bits per heavy atom. The van der Waals surface area contributed by atoms with E-state index in [0.717, 1.165) is 45.6 Å². The first-order chi connectivity index (χ1) is 6.72. The Bertz CT molecular complexity index is 231. The smallest absolute Gasteiger partial charge is 0.230 e. The van der Waals surface area contributed by atoms with Gasteiger partial charge in [0.05, 0.1) is 5.41 Å². The average Bonchev–Trinajstić information content (AvgIpc) is 2.26. The van der Waals surface area contributed by atoms with Crippen molar-refractivity contribution in [3.63, 3.8) is 0 Å². The number of amides is 1. The molecule has 0 N–H and O–H groups in total. The molecule has 3 heteroatoms. The third-order valence-electron chi connectivity index (χ3n) is 3.88. The highest BCUT2D eigenvalue weighted by Gasteiger charge is 2.51. The maximum absolute atomic E-state index is 11.9. The second-order valence-electron chi connectivity index (χ2n) is 4.53. The van der Waals surface area contributed by atoms with E-state index >= 15 is 0 Å². The van der Waals surface area contributed by atoms with Gasteiger partial charge >= 0.3 is 0 Å². The van der Waals surface area contributed by atoms with E-state index in [4.69, 9.17) is 0 Å². The van der Waals surface area contributed by atoms with Crippen LogP contribution in [0.2, 0.25) is 0 Å². The van der Waals surface area contributed by atoms with Gasteiger partial charge in [-0.3, -0.25) is 4.79 Å². The predicted molar refractivity (Wildman–Crippen MR) is 56.0 cm³/mol. The molecular weight excluding hydrogens is 176 g/mol. The molecule has 2 fully saturated rings. The van der Waals surface area contributed by atoms with Gasteiger partial charge in [0.2, 0.25) is 5.91 Å². The molecule has 1 spiro atoms. The molecule has 0 bridgehead atoms. The summed E-state index contributed by atoms with van der Waals surface area (Å²) in [5.41, 5.74) is 0.0572. The van der Waals surface area contributed by atoms with E-state index in [0.29, 0.717) is 5.91 Å². The fourth-order valence-corrected chi connectivity index (χ4v) is 2.67. The minimum atomic E-state index is 0.0572. The van der Waals surface area contributed by atoms with E-state index in [9.17, 15) is 4.79 Å². The monoisotopic (exact) mass is 196 g/mol. The topological polar surface area (TPSA) is 23.6 Å². The fraction of sp³-hybridized carbons (Fsp3) is 0.909. The van der Waals surface area contributed by atoms with Crippen LogP contribution < -0.4 is 0 Å². The molecule has 3 nitrogen and oxygen atoms in total. The van der Waals surface area contributed by atoms with Crippen molar-refractivity contribution in [3.8, 4) is 0 Å². The molecule has 0 aromatic heterocycles. The third-order valence-corrected chi connectivity index (χ3v) is 3.88. The molecule has 2 aliphatic heterocycles. The van der Waals surface area contributed by atoms with Crippen LogP contribution in [0.1, 0.15) is 26.7 Å². The summed E-state index contributed by atoms with van der Waals surface area (Å²) >= 11 is 0. The van der Waals surface area contributed by atoms with Crippen molar-refractivity contribution in [2.75, 3.05) is 32.7 Å². The largest absolute Gasteiger partial charge is 0.341 e. The van der Waals surface area contributed by atoms with Gasteiger partial charge < -0.3 is 9.80 Å². The number of likely N-dealkylation sites (tertiary alicyclic amines) is 2. The molecule has 0 saturated carbocycles. The van der Waals surface area contributed by atoms with Crippen molar-refractivity contribution in [2.24, 2.45) is 5.41 Å². The van der Waals surface area contributed by atoms with Crippen molar-refractivity contribution >= 4 is 5.91 Å². The molecular formula is C11H20N2O. The summed E-state index contributed by atoms with van der Waals surface area (Å²) in [6.07, 6.45) is 2.16. The SMILES string of the molecule is CCN1CCC2(CC1)CN(CC)C2=O. The lowest BCUT2D eigenvalue weighted by atomic mass is 9.71. The molecule has 1 amide bonds. The van der Waals surface area contributed by atoms with Gasteiger partial charge in [-0.25, -0.2) is 0 Å². The quantitative estimate of drug-likeness (QED) is 0.614. The van der Waals surface area contributed by atoms with Gasteiger partial charge in [-0.15, -0.1) is 0 Å². The maximum atomic E-state index is 11.9. The molecule has 0 aromatic rings. The Hall–Kier alpha value is -0.570. The van der Waals surface area contributed by atoms with E-state index in [-0.39, 0.29) is 5.41 Å². The zero-order valence-electron chi connectivity index (χ0n) is 9.25. The second kappa shape index (κ2) is 3.54. The predicted octanol–water partition coefficient (Wildman–Crippen LogP) is 0.951. The lowest BCUT2D eigenvalue weighted by Crippen LogP contribution is -2.64. The van der Waals surface area contributed by atoms with Crippen molar-refractivity contribution in [2.45, 2.75) is 26.7 Å². The summed E-state index contributed by atoms with van der Waals surface area (Å²) in [7, 11) is 0. The summed E-state index contributed by atoms with van der Waals surface area (Å²) in [4.78, 5) is 16.3. The second-order valence-corrected chi connectivity index (χ2v) is 4.53. The first kappa shape index (κ1) is 9.97. The van der Waals surface area contributed by atoms with Gasteiger partial charge in [0.1, 0.15) is 0 Å². The Balaban J connectivity index is 1.92. The summed E-state index contributed by atoms with van der Waals surface area (Å²) in [6.45, 7) is 9.50. The summed E-state index contributed by atoms with van der Waals surface area (Å²) in [5.74, 6) is 0.413. The number of rotatable bonds is 2. The number of hydrogen-bond acceptors (Lipinski definition) is 2. The van der Waals surface area contributed by atoms with Gasteiger partial charge in [-0.05, 0) is 39.4 Å². The first-order valence-electron chi connectivity index (χ1n) is 5.73. The van der Waals surface area contributed by atoms with Gasteiger partial charge in [-0.2, -0.15) is 0 Å². The van der Waals surface area contributed by atoms with Gasteiger partial charge in [-0.1, -0.05) is 6.92 Å². The Morgan fingerprint density at radius 1 is 1.21 bits per heavy atom. The highest BCUT2D eigenvalue weighted by Crippen LogP contribution is 2.41. The summed E-state index contributed by atoms with van der Waals surface area (Å²) in [5, 5.41) is 0. The molecule has 2 rings (SSSR count).